The number of nitrogens with zero attached hydrogens (tertiary/aromatic N) is 3. The zero-order chi connectivity index (χ0) is 10.3. The summed E-state index contributed by atoms with van der Waals surface area (Å²) in [6.07, 6.45) is 2.02. The Kier molecular flexibility index (Phi) is 2.34. The van der Waals surface area contributed by atoms with Crippen molar-refractivity contribution in [1.82, 2.24) is 20.3 Å². The van der Waals surface area contributed by atoms with E-state index in [0.29, 0.717) is 6.04 Å². The smallest absolute Gasteiger partial charge is 0.123 e. The highest BCUT2D eigenvalue weighted by Gasteiger charge is 2.20. The molecular formula is C9H9BrN4S. The molecule has 78 valence electrons. The van der Waals surface area contributed by atoms with Crippen molar-refractivity contribution < 1.29 is 0 Å². The van der Waals surface area contributed by atoms with E-state index in [1.165, 1.54) is 0 Å². The van der Waals surface area contributed by atoms with Crippen LogP contribution in [0.3, 0.4) is 0 Å². The number of thiophene rings is 1. The molecule has 1 aliphatic rings. The zero-order valence-corrected chi connectivity index (χ0v) is 10.3. The standard InChI is InChI=1S/C9H9BrN4S/c10-6-1-9(15-5-6)8-4-14(13-12-8)7-2-11-3-7/h1,4-5,7,11H,2-3H2. The molecule has 1 N–H and O–H groups in total. The molecule has 0 aliphatic carbocycles. The van der Waals surface area contributed by atoms with Crippen LogP contribution in [0.1, 0.15) is 6.04 Å². The predicted molar refractivity (Wildman–Crippen MR) is 62.9 cm³/mol. The van der Waals surface area contributed by atoms with Gasteiger partial charge in [0.15, 0.2) is 0 Å². The number of rotatable bonds is 2. The summed E-state index contributed by atoms with van der Waals surface area (Å²) in [6.45, 7) is 1.99. The van der Waals surface area contributed by atoms with Gasteiger partial charge in [-0.25, -0.2) is 4.68 Å². The van der Waals surface area contributed by atoms with Crippen LogP contribution < -0.4 is 5.32 Å². The van der Waals surface area contributed by atoms with Gasteiger partial charge in [0.25, 0.3) is 0 Å². The second-order valence-corrected chi connectivity index (χ2v) is 5.35. The minimum absolute atomic E-state index is 0.481. The van der Waals surface area contributed by atoms with E-state index in [1.807, 2.05) is 10.9 Å². The van der Waals surface area contributed by atoms with Crippen LogP contribution in [-0.4, -0.2) is 28.1 Å². The summed E-state index contributed by atoms with van der Waals surface area (Å²) < 4.78 is 3.04. The van der Waals surface area contributed by atoms with E-state index in [2.05, 4.69) is 43.0 Å². The molecule has 0 bridgehead atoms. The van der Waals surface area contributed by atoms with Crippen molar-refractivity contribution in [3.63, 3.8) is 0 Å². The Morgan fingerprint density at radius 3 is 3.00 bits per heavy atom. The lowest BCUT2D eigenvalue weighted by atomic mass is 10.2. The van der Waals surface area contributed by atoms with E-state index in [4.69, 9.17) is 0 Å². The Morgan fingerprint density at radius 1 is 1.53 bits per heavy atom. The van der Waals surface area contributed by atoms with E-state index >= 15 is 0 Å². The molecule has 0 unspecified atom stereocenters. The molecule has 0 saturated carbocycles. The van der Waals surface area contributed by atoms with Crippen molar-refractivity contribution in [2.45, 2.75) is 6.04 Å². The van der Waals surface area contributed by atoms with Crippen LogP contribution in [0, 0.1) is 0 Å². The van der Waals surface area contributed by atoms with Crippen molar-refractivity contribution in [2.75, 3.05) is 13.1 Å². The van der Waals surface area contributed by atoms with Gasteiger partial charge < -0.3 is 5.32 Å². The monoisotopic (exact) mass is 284 g/mol. The highest BCUT2D eigenvalue weighted by atomic mass is 79.9. The van der Waals surface area contributed by atoms with Crippen LogP contribution in [-0.2, 0) is 0 Å². The number of aromatic nitrogens is 3. The summed E-state index contributed by atoms with van der Waals surface area (Å²) in [5.41, 5.74) is 0.956. The van der Waals surface area contributed by atoms with Crippen LogP contribution in [0.15, 0.2) is 22.1 Å². The topological polar surface area (TPSA) is 42.7 Å². The quantitative estimate of drug-likeness (QED) is 0.916. The van der Waals surface area contributed by atoms with Gasteiger partial charge in [-0.05, 0) is 22.0 Å². The first-order valence-corrected chi connectivity index (χ1v) is 6.37. The molecule has 0 amide bonds. The molecule has 0 aromatic carbocycles. The van der Waals surface area contributed by atoms with Gasteiger partial charge in [-0.15, -0.1) is 16.4 Å². The normalized spacial score (nSPS) is 16.6. The van der Waals surface area contributed by atoms with Gasteiger partial charge in [-0.3, -0.25) is 0 Å². The average molecular weight is 285 g/mol. The number of nitrogens with one attached hydrogen (secondary N) is 1. The maximum atomic E-state index is 4.18. The molecular weight excluding hydrogens is 276 g/mol. The highest BCUT2D eigenvalue weighted by Crippen LogP contribution is 2.28. The van der Waals surface area contributed by atoms with Gasteiger partial charge in [0.05, 0.1) is 17.1 Å². The van der Waals surface area contributed by atoms with Gasteiger partial charge in [0.2, 0.25) is 0 Å². The molecule has 2 aromatic rings. The van der Waals surface area contributed by atoms with Gasteiger partial charge in [0, 0.05) is 22.9 Å². The largest absolute Gasteiger partial charge is 0.312 e. The van der Waals surface area contributed by atoms with Crippen LogP contribution in [0.25, 0.3) is 10.6 Å². The SMILES string of the molecule is Brc1csc(-c2cn(C3CNC3)nn2)c1. The third-order valence-electron chi connectivity index (χ3n) is 2.46. The molecule has 1 saturated heterocycles. The Balaban J connectivity index is 1.89. The summed E-state index contributed by atoms with van der Waals surface area (Å²) >= 11 is 5.11. The van der Waals surface area contributed by atoms with E-state index in [-0.39, 0.29) is 0 Å². The first-order valence-electron chi connectivity index (χ1n) is 4.70. The first-order chi connectivity index (χ1) is 7.33. The molecule has 4 nitrogen and oxygen atoms in total. The minimum Gasteiger partial charge on any atom is -0.312 e. The predicted octanol–water partition coefficient (Wildman–Crippen LogP) is 1.91. The van der Waals surface area contributed by atoms with Crippen molar-refractivity contribution in [3.05, 3.63) is 22.1 Å². The van der Waals surface area contributed by atoms with Gasteiger partial charge >= 0.3 is 0 Å². The van der Waals surface area contributed by atoms with Crippen LogP contribution in [0.4, 0.5) is 0 Å². The Hall–Kier alpha value is -0.720. The second kappa shape index (κ2) is 3.70. The molecule has 1 fully saturated rings. The molecule has 15 heavy (non-hydrogen) atoms. The summed E-state index contributed by atoms with van der Waals surface area (Å²) in [4.78, 5) is 1.15. The van der Waals surface area contributed by atoms with Crippen LogP contribution in [0.2, 0.25) is 0 Å². The van der Waals surface area contributed by atoms with Crippen molar-refractivity contribution in [2.24, 2.45) is 0 Å². The molecule has 0 atom stereocenters. The van der Waals surface area contributed by atoms with E-state index < -0.39 is 0 Å². The third-order valence-corrected chi connectivity index (χ3v) is 4.18. The first kappa shape index (κ1) is 9.50. The van der Waals surface area contributed by atoms with Crippen molar-refractivity contribution in [3.8, 4) is 10.6 Å². The van der Waals surface area contributed by atoms with Crippen molar-refractivity contribution >= 4 is 27.3 Å². The lowest BCUT2D eigenvalue weighted by Crippen LogP contribution is -2.43. The fourth-order valence-corrected chi connectivity index (χ4v) is 2.85. The van der Waals surface area contributed by atoms with Crippen molar-refractivity contribution in [1.29, 1.82) is 0 Å². The fraction of sp³-hybridized carbons (Fsp3) is 0.333. The fourth-order valence-electron chi connectivity index (χ4n) is 1.48. The summed E-state index contributed by atoms with van der Waals surface area (Å²) in [5, 5.41) is 13.6. The summed E-state index contributed by atoms with van der Waals surface area (Å²) in [6, 6.07) is 2.55. The maximum absolute atomic E-state index is 4.18. The van der Waals surface area contributed by atoms with E-state index in [0.717, 1.165) is 28.1 Å². The van der Waals surface area contributed by atoms with E-state index in [1.54, 1.807) is 11.3 Å². The van der Waals surface area contributed by atoms with E-state index in [9.17, 15) is 0 Å². The van der Waals surface area contributed by atoms with Gasteiger partial charge in [0.1, 0.15) is 5.69 Å². The number of halogens is 1. The second-order valence-electron chi connectivity index (χ2n) is 3.53. The number of hydrogen-bond acceptors (Lipinski definition) is 4. The molecule has 1 aliphatic heterocycles. The molecule has 0 radical (unpaired) electrons. The third kappa shape index (κ3) is 1.73. The molecule has 2 aromatic heterocycles. The average Bonchev–Trinajstić information content (AvgIpc) is 2.70. The lowest BCUT2D eigenvalue weighted by Gasteiger charge is -2.26. The molecule has 3 rings (SSSR count). The Labute approximate surface area is 99.4 Å². The summed E-state index contributed by atoms with van der Waals surface area (Å²) in [5.74, 6) is 0. The number of hydrogen-bond donors (Lipinski definition) is 1. The Morgan fingerprint density at radius 2 is 2.40 bits per heavy atom. The maximum Gasteiger partial charge on any atom is 0.123 e. The van der Waals surface area contributed by atoms with Gasteiger partial charge in [-0.1, -0.05) is 5.21 Å². The van der Waals surface area contributed by atoms with Gasteiger partial charge in [-0.2, -0.15) is 0 Å². The highest BCUT2D eigenvalue weighted by molar-refractivity contribution is 9.10. The molecule has 0 spiro atoms. The molecule has 3 heterocycles. The summed E-state index contributed by atoms with van der Waals surface area (Å²) in [7, 11) is 0. The minimum atomic E-state index is 0.481. The molecule has 6 heteroatoms. The zero-order valence-electron chi connectivity index (χ0n) is 7.85. The van der Waals surface area contributed by atoms with Crippen LogP contribution in [0.5, 0.6) is 0 Å². The van der Waals surface area contributed by atoms with Crippen LogP contribution >= 0.6 is 27.3 Å². The lowest BCUT2D eigenvalue weighted by molar-refractivity contribution is 0.313. The Bertz CT molecular complexity index is 474.